The van der Waals surface area contributed by atoms with E-state index >= 15 is 0 Å². The molecule has 0 aliphatic heterocycles. The predicted molar refractivity (Wildman–Crippen MR) is 151 cm³/mol. The number of nitrogens with one attached hydrogen (secondary N) is 2. The lowest BCUT2D eigenvalue weighted by molar-refractivity contribution is -0.117. The Hall–Kier alpha value is -3.36. The number of carbonyl (C=O) groups excluding carboxylic acids is 2. The molecule has 0 saturated heterocycles. The molecule has 3 aromatic carbocycles. The molecule has 3 rings (SSSR count). The summed E-state index contributed by atoms with van der Waals surface area (Å²) in [4.78, 5) is 26.0. The molecular formula is C28H32ClN3O4S. The number of anilines is 3. The first-order valence-corrected chi connectivity index (χ1v) is 14.1. The first-order chi connectivity index (χ1) is 17.3. The van der Waals surface area contributed by atoms with Crippen molar-refractivity contribution in [3.63, 3.8) is 0 Å². The van der Waals surface area contributed by atoms with Gasteiger partial charge in [-0.25, -0.2) is 8.42 Å². The van der Waals surface area contributed by atoms with Gasteiger partial charge < -0.3 is 10.6 Å². The van der Waals surface area contributed by atoms with Crippen molar-refractivity contribution in [1.82, 2.24) is 0 Å². The second-order valence-corrected chi connectivity index (χ2v) is 12.1. The highest BCUT2D eigenvalue weighted by atomic mass is 35.5. The quantitative estimate of drug-likeness (QED) is 0.361. The summed E-state index contributed by atoms with van der Waals surface area (Å²) in [6.07, 6.45) is 1.30. The van der Waals surface area contributed by atoms with Crippen molar-refractivity contribution in [1.29, 1.82) is 0 Å². The Kier molecular flexibility index (Phi) is 8.66. The summed E-state index contributed by atoms with van der Waals surface area (Å²) in [7, 11) is -3.77. The second kappa shape index (κ2) is 11.4. The molecule has 0 heterocycles. The minimum atomic E-state index is -3.77. The van der Waals surface area contributed by atoms with Crippen molar-refractivity contribution in [3.05, 3.63) is 88.9 Å². The van der Waals surface area contributed by atoms with Gasteiger partial charge in [-0.3, -0.25) is 13.9 Å². The Morgan fingerprint density at radius 3 is 2.00 bits per heavy atom. The van der Waals surface area contributed by atoms with E-state index < -0.39 is 22.0 Å². The van der Waals surface area contributed by atoms with Crippen LogP contribution in [0.4, 0.5) is 17.1 Å². The Labute approximate surface area is 223 Å². The molecule has 0 aromatic heterocycles. The van der Waals surface area contributed by atoms with Gasteiger partial charge in [0.05, 0.1) is 11.9 Å². The van der Waals surface area contributed by atoms with E-state index in [9.17, 15) is 18.0 Å². The van der Waals surface area contributed by atoms with Gasteiger partial charge in [0.25, 0.3) is 5.91 Å². The molecule has 9 heteroatoms. The van der Waals surface area contributed by atoms with Gasteiger partial charge in [0, 0.05) is 22.0 Å². The normalized spacial score (nSPS) is 12.5. The molecular weight excluding hydrogens is 510 g/mol. The van der Waals surface area contributed by atoms with E-state index in [0.29, 0.717) is 27.6 Å². The van der Waals surface area contributed by atoms with Crippen LogP contribution in [-0.2, 0) is 20.2 Å². The molecule has 0 fully saturated rings. The Morgan fingerprint density at radius 1 is 0.919 bits per heavy atom. The van der Waals surface area contributed by atoms with Gasteiger partial charge in [0.2, 0.25) is 15.9 Å². The zero-order valence-corrected chi connectivity index (χ0v) is 23.2. The first-order valence-electron chi connectivity index (χ1n) is 11.9. The zero-order chi connectivity index (χ0) is 27.4. The van der Waals surface area contributed by atoms with Crippen molar-refractivity contribution in [2.24, 2.45) is 0 Å². The topological polar surface area (TPSA) is 95.6 Å². The maximum atomic E-state index is 13.2. The summed E-state index contributed by atoms with van der Waals surface area (Å²) in [5.74, 6) is -0.773. The Balaban J connectivity index is 1.77. The largest absolute Gasteiger partial charge is 0.324 e. The maximum absolute atomic E-state index is 13.2. The highest BCUT2D eigenvalue weighted by Crippen LogP contribution is 2.26. The fourth-order valence-corrected chi connectivity index (χ4v) is 5.21. The highest BCUT2D eigenvalue weighted by molar-refractivity contribution is 7.92. The molecule has 0 aliphatic rings. The Morgan fingerprint density at radius 2 is 1.49 bits per heavy atom. The lowest BCUT2D eigenvalue weighted by atomic mass is 9.87. The lowest BCUT2D eigenvalue weighted by Crippen LogP contribution is -2.47. The van der Waals surface area contributed by atoms with Gasteiger partial charge in [0.1, 0.15) is 6.04 Å². The van der Waals surface area contributed by atoms with Crippen molar-refractivity contribution in [2.45, 2.75) is 45.6 Å². The highest BCUT2D eigenvalue weighted by Gasteiger charge is 2.31. The van der Waals surface area contributed by atoms with E-state index in [2.05, 4.69) is 31.4 Å². The number of carbonyl (C=O) groups is 2. The maximum Gasteiger partial charge on any atom is 0.255 e. The van der Waals surface area contributed by atoms with Crippen LogP contribution in [0.2, 0.25) is 5.02 Å². The number of rotatable bonds is 8. The van der Waals surface area contributed by atoms with Crippen LogP contribution in [0, 0.1) is 0 Å². The molecule has 1 atom stereocenters. The minimum Gasteiger partial charge on any atom is -0.324 e. The fourth-order valence-electron chi connectivity index (χ4n) is 3.87. The van der Waals surface area contributed by atoms with E-state index in [4.69, 9.17) is 11.6 Å². The first kappa shape index (κ1) is 28.2. The van der Waals surface area contributed by atoms with Crippen LogP contribution in [0.5, 0.6) is 0 Å². The van der Waals surface area contributed by atoms with Gasteiger partial charge in [-0.15, -0.1) is 0 Å². The van der Waals surface area contributed by atoms with Crippen LogP contribution in [0.1, 0.15) is 50.0 Å². The smallest absolute Gasteiger partial charge is 0.255 e. The number of amides is 2. The molecule has 37 heavy (non-hydrogen) atoms. The lowest BCUT2D eigenvalue weighted by Gasteiger charge is -2.30. The standard InChI is InChI=1S/C28H32ClN3O4S/c1-6-25(32(37(5,35)36)24-16-14-21(29)15-17-24)27(34)31-23-9-7-8-22(18-23)30-26(33)19-10-12-20(13-11-19)28(2,3)4/h7-18,25H,6H2,1-5H3,(H,30,33)(H,31,34). The van der Waals surface area contributed by atoms with Crippen molar-refractivity contribution >= 4 is 50.5 Å². The second-order valence-electron chi connectivity index (χ2n) is 9.81. The van der Waals surface area contributed by atoms with Crippen LogP contribution in [-0.4, -0.2) is 32.5 Å². The summed E-state index contributed by atoms with van der Waals surface area (Å²) in [6.45, 7) is 8.06. The molecule has 1 unspecified atom stereocenters. The molecule has 3 aromatic rings. The molecule has 0 bridgehead atoms. The van der Waals surface area contributed by atoms with Crippen molar-refractivity contribution in [3.8, 4) is 0 Å². The summed E-state index contributed by atoms with van der Waals surface area (Å²) in [6, 6.07) is 19.4. The van der Waals surface area contributed by atoms with E-state index in [-0.39, 0.29) is 17.7 Å². The van der Waals surface area contributed by atoms with Crippen molar-refractivity contribution < 1.29 is 18.0 Å². The van der Waals surface area contributed by atoms with Crippen LogP contribution in [0.3, 0.4) is 0 Å². The Bertz CT molecular complexity index is 1370. The van der Waals surface area contributed by atoms with Gasteiger partial charge in [0.15, 0.2) is 0 Å². The summed E-state index contributed by atoms with van der Waals surface area (Å²) in [5.41, 5.74) is 2.88. The number of hydrogen-bond acceptors (Lipinski definition) is 4. The van der Waals surface area contributed by atoms with Crippen molar-refractivity contribution in [2.75, 3.05) is 21.2 Å². The number of benzene rings is 3. The monoisotopic (exact) mass is 541 g/mol. The van der Waals surface area contributed by atoms with E-state index in [1.165, 1.54) is 0 Å². The predicted octanol–water partition coefficient (Wildman–Crippen LogP) is 6.07. The molecule has 0 radical (unpaired) electrons. The average Bonchev–Trinajstić information content (AvgIpc) is 2.82. The fraction of sp³-hybridized carbons (Fsp3) is 0.286. The van der Waals surface area contributed by atoms with Gasteiger partial charge in [-0.2, -0.15) is 0 Å². The number of nitrogens with zero attached hydrogens (tertiary/aromatic N) is 1. The van der Waals surface area contributed by atoms with Gasteiger partial charge in [-0.05, 0) is 72.0 Å². The molecule has 7 nitrogen and oxygen atoms in total. The summed E-state index contributed by atoms with van der Waals surface area (Å²) < 4.78 is 26.3. The third-order valence-electron chi connectivity index (χ3n) is 5.81. The third kappa shape index (κ3) is 7.33. The number of halogens is 1. The van der Waals surface area contributed by atoms with E-state index in [1.54, 1.807) is 67.6 Å². The number of hydrogen-bond donors (Lipinski definition) is 2. The molecule has 2 amide bonds. The van der Waals surface area contributed by atoms with Crippen LogP contribution >= 0.6 is 11.6 Å². The summed E-state index contributed by atoms with van der Waals surface area (Å²) >= 11 is 5.95. The third-order valence-corrected chi connectivity index (χ3v) is 7.24. The van der Waals surface area contributed by atoms with Crippen LogP contribution in [0.15, 0.2) is 72.8 Å². The van der Waals surface area contributed by atoms with E-state index in [1.807, 2.05) is 12.1 Å². The molecule has 196 valence electrons. The summed E-state index contributed by atoms with van der Waals surface area (Å²) in [5, 5.41) is 6.08. The zero-order valence-electron chi connectivity index (χ0n) is 21.6. The molecule has 0 saturated carbocycles. The number of sulfonamides is 1. The molecule has 0 aliphatic carbocycles. The van der Waals surface area contributed by atoms with E-state index in [0.717, 1.165) is 16.1 Å². The van der Waals surface area contributed by atoms with Crippen LogP contribution < -0.4 is 14.9 Å². The minimum absolute atomic E-state index is 0.0157. The van der Waals surface area contributed by atoms with Gasteiger partial charge in [-0.1, -0.05) is 57.5 Å². The SMILES string of the molecule is CCC(C(=O)Nc1cccc(NC(=O)c2ccc(C(C)(C)C)cc2)c1)N(c1ccc(Cl)cc1)S(C)(=O)=O. The van der Waals surface area contributed by atoms with Crippen LogP contribution in [0.25, 0.3) is 0 Å². The van der Waals surface area contributed by atoms with Gasteiger partial charge >= 0.3 is 0 Å². The molecule has 2 N–H and O–H groups in total. The molecule has 0 spiro atoms. The average molecular weight is 542 g/mol.